The van der Waals surface area contributed by atoms with Crippen molar-refractivity contribution in [1.29, 1.82) is 0 Å². The molecule has 0 aliphatic heterocycles. The molecule has 0 unspecified atom stereocenters. The number of hydrogen-bond donors (Lipinski definition) is 0. The molecule has 0 atom stereocenters. The predicted molar refractivity (Wildman–Crippen MR) is 154 cm³/mol. The summed E-state index contributed by atoms with van der Waals surface area (Å²) < 4.78 is 111. The van der Waals surface area contributed by atoms with Crippen molar-refractivity contribution in [3.63, 3.8) is 0 Å². The highest BCUT2D eigenvalue weighted by Crippen LogP contribution is 2.42. The largest absolute Gasteiger partial charge is 0.508 e. The van der Waals surface area contributed by atoms with Gasteiger partial charge in [0.2, 0.25) is 0 Å². The minimum atomic E-state index is -6.43. The lowest BCUT2D eigenvalue weighted by atomic mass is 10.1. The fraction of sp³-hybridized carbons (Fsp3) is 1.00. The number of rotatable bonds is 22. The number of unbranched alkanes of at least 4 members (excludes halogenated alkanes) is 12. The van der Waals surface area contributed by atoms with Crippen molar-refractivity contribution in [2.45, 2.75) is 141 Å². The van der Waals surface area contributed by atoms with Crippen LogP contribution in [0.5, 0.6) is 0 Å². The van der Waals surface area contributed by atoms with Crippen LogP contribution in [0.4, 0.5) is 26.3 Å². The van der Waals surface area contributed by atoms with Crippen LogP contribution < -0.4 is 0 Å². The Morgan fingerprint density at radius 1 is 0.450 bits per heavy atom. The standard InChI is InChI=1S/C24H52N.C2F6O4S3/c1-5-9-13-17-21-25(22-18-14-10-6-2,23-19-15-11-7-3)24-20-16-12-8-4;3-1(4,5)14(9,10)13-15(11,12)2(6,7)8/h5-24H2,1-4H3;/q+1;. The van der Waals surface area contributed by atoms with Crippen LogP contribution in [-0.4, -0.2) is 58.5 Å². The average molecular weight is 653 g/mol. The van der Waals surface area contributed by atoms with Gasteiger partial charge in [0.15, 0.2) is 0 Å². The van der Waals surface area contributed by atoms with Crippen LogP contribution in [0.15, 0.2) is 0 Å². The number of nitrogens with zero attached hydrogens (tertiary/aromatic N) is 1. The second-order valence-electron chi connectivity index (χ2n) is 10.3. The molecule has 0 aliphatic rings. The number of quaternary nitrogens is 1. The van der Waals surface area contributed by atoms with Gasteiger partial charge in [-0.1, -0.05) is 79.1 Å². The Morgan fingerprint density at radius 2 is 0.675 bits per heavy atom. The molecule has 0 aliphatic carbocycles. The lowest BCUT2D eigenvalue weighted by molar-refractivity contribution is -0.929. The molecule has 0 bridgehead atoms. The Kier molecular flexibility index (Phi) is 22.5. The van der Waals surface area contributed by atoms with E-state index in [1.54, 1.807) is 0 Å². The lowest BCUT2D eigenvalue weighted by Crippen LogP contribution is -2.50. The SMILES string of the molecule is CCCCCC[N+](CCCCCC)(CCCCCC)CCCCCC.O=S(=O)(SS(=O)(=O)C(F)(F)F)C(F)(F)F. The molecule has 0 fully saturated rings. The van der Waals surface area contributed by atoms with E-state index in [4.69, 9.17) is 0 Å². The summed E-state index contributed by atoms with van der Waals surface area (Å²) in [6, 6.07) is 0. The second kappa shape index (κ2) is 21.5. The van der Waals surface area contributed by atoms with Crippen molar-refractivity contribution in [3.05, 3.63) is 0 Å². The van der Waals surface area contributed by atoms with E-state index in [1.807, 2.05) is 0 Å². The summed E-state index contributed by atoms with van der Waals surface area (Å²) in [5, 5.41) is 0. The maximum atomic E-state index is 11.5. The third kappa shape index (κ3) is 19.1. The van der Waals surface area contributed by atoms with Gasteiger partial charge in [-0.25, -0.2) is 16.8 Å². The zero-order valence-electron chi connectivity index (χ0n) is 24.7. The van der Waals surface area contributed by atoms with Gasteiger partial charge >= 0.3 is 28.8 Å². The first-order chi connectivity index (χ1) is 18.4. The average Bonchev–Trinajstić information content (AvgIpc) is 2.83. The Labute approximate surface area is 242 Å². The number of hydrogen-bond acceptors (Lipinski definition) is 5. The van der Waals surface area contributed by atoms with Gasteiger partial charge in [0, 0.05) is 0 Å². The van der Waals surface area contributed by atoms with Gasteiger partial charge < -0.3 is 4.48 Å². The fourth-order valence-corrected chi connectivity index (χ4v) is 9.43. The molecule has 0 heterocycles. The van der Waals surface area contributed by atoms with Gasteiger partial charge in [-0.05, 0) is 51.4 Å². The Balaban J connectivity index is 0. The molecule has 0 aromatic rings. The summed E-state index contributed by atoms with van der Waals surface area (Å²) in [6.07, 6.45) is 22.8. The van der Waals surface area contributed by atoms with Crippen LogP contribution in [0.25, 0.3) is 0 Å². The Bertz CT molecular complexity index is 737. The highest BCUT2D eigenvalue weighted by atomic mass is 33.5. The van der Waals surface area contributed by atoms with Crippen LogP contribution in [0.3, 0.4) is 0 Å². The smallest absolute Gasteiger partial charge is 0.324 e. The zero-order chi connectivity index (χ0) is 31.3. The summed E-state index contributed by atoms with van der Waals surface area (Å²) in [5.41, 5.74) is -12.1. The molecule has 0 spiro atoms. The van der Waals surface area contributed by atoms with E-state index in [9.17, 15) is 43.2 Å². The Morgan fingerprint density at radius 3 is 0.850 bits per heavy atom. The van der Waals surface area contributed by atoms with Crippen LogP contribution >= 0.6 is 9.83 Å². The van der Waals surface area contributed by atoms with Crippen molar-refractivity contribution >= 4 is 27.6 Å². The first-order valence-corrected chi connectivity index (χ1v) is 19.5. The quantitative estimate of drug-likeness (QED) is 0.0504. The predicted octanol–water partition coefficient (Wildman–Crippen LogP) is 9.54. The monoisotopic (exact) mass is 652 g/mol. The second-order valence-corrected chi connectivity index (χ2v) is 17.5. The van der Waals surface area contributed by atoms with E-state index in [2.05, 4.69) is 27.7 Å². The molecular weight excluding hydrogens is 600 g/mol. The van der Waals surface area contributed by atoms with Gasteiger partial charge in [-0.3, -0.25) is 0 Å². The summed E-state index contributed by atoms with van der Waals surface area (Å²) in [7, 11) is -15.0. The van der Waals surface area contributed by atoms with Crippen molar-refractivity contribution in [2.75, 3.05) is 26.2 Å². The van der Waals surface area contributed by atoms with E-state index in [-0.39, 0.29) is 0 Å². The normalized spacial score (nSPS) is 13.2. The topological polar surface area (TPSA) is 68.3 Å². The molecule has 0 radical (unpaired) electrons. The Hall–Kier alpha value is -0.210. The van der Waals surface area contributed by atoms with E-state index >= 15 is 0 Å². The third-order valence-corrected chi connectivity index (χ3v) is 13.6. The van der Waals surface area contributed by atoms with Crippen LogP contribution in [0, 0.1) is 0 Å². The van der Waals surface area contributed by atoms with Gasteiger partial charge in [0.05, 0.1) is 26.2 Å². The highest BCUT2D eigenvalue weighted by Gasteiger charge is 2.57. The fourth-order valence-electron chi connectivity index (χ4n) is 4.36. The molecule has 5 nitrogen and oxygen atoms in total. The number of alkyl halides is 6. The molecule has 14 heteroatoms. The minimum Gasteiger partial charge on any atom is -0.324 e. The molecule has 0 N–H and O–H groups in total. The summed E-state index contributed by atoms with van der Waals surface area (Å²) >= 11 is 0. The van der Waals surface area contributed by atoms with Crippen molar-refractivity contribution in [1.82, 2.24) is 0 Å². The van der Waals surface area contributed by atoms with Crippen LogP contribution in [-0.2, 0) is 17.7 Å². The maximum Gasteiger partial charge on any atom is 0.508 e. The summed E-state index contributed by atoms with van der Waals surface area (Å²) in [6.45, 7) is 15.2. The minimum absolute atomic E-state index is 1.36. The van der Waals surface area contributed by atoms with Gasteiger partial charge in [0.25, 0.3) is 0 Å². The first kappa shape index (κ1) is 41.9. The molecule has 0 saturated carbocycles. The van der Waals surface area contributed by atoms with Crippen molar-refractivity contribution in [3.8, 4) is 0 Å². The molecule has 244 valence electrons. The lowest BCUT2D eigenvalue weighted by Gasteiger charge is -2.39. The summed E-state index contributed by atoms with van der Waals surface area (Å²) in [4.78, 5) is 0. The summed E-state index contributed by atoms with van der Waals surface area (Å²) in [5.74, 6) is 0. The third-order valence-electron chi connectivity index (χ3n) is 6.69. The molecule has 0 rings (SSSR count). The maximum absolute atomic E-state index is 11.5. The van der Waals surface area contributed by atoms with E-state index in [0.29, 0.717) is 0 Å². The van der Waals surface area contributed by atoms with E-state index < -0.39 is 38.6 Å². The highest BCUT2D eigenvalue weighted by molar-refractivity contribution is 9.04. The van der Waals surface area contributed by atoms with Crippen LogP contribution in [0.2, 0.25) is 0 Å². The van der Waals surface area contributed by atoms with Gasteiger partial charge in [0.1, 0.15) is 9.83 Å². The van der Waals surface area contributed by atoms with Gasteiger partial charge in [-0.2, -0.15) is 26.3 Å². The van der Waals surface area contributed by atoms with E-state index in [1.165, 1.54) is 133 Å². The number of halogens is 6. The molecular formula is C26H52F6NO4S3+. The first-order valence-electron chi connectivity index (χ1n) is 14.6. The molecule has 0 aromatic carbocycles. The molecule has 0 amide bonds. The zero-order valence-corrected chi connectivity index (χ0v) is 27.2. The van der Waals surface area contributed by atoms with Gasteiger partial charge in [-0.15, -0.1) is 0 Å². The molecule has 40 heavy (non-hydrogen) atoms. The van der Waals surface area contributed by atoms with E-state index in [0.717, 1.165) is 0 Å². The molecule has 0 saturated heterocycles. The molecule has 0 aromatic heterocycles. The van der Waals surface area contributed by atoms with Crippen molar-refractivity contribution < 1.29 is 47.7 Å². The van der Waals surface area contributed by atoms with Crippen molar-refractivity contribution in [2.24, 2.45) is 0 Å². The van der Waals surface area contributed by atoms with Crippen LogP contribution in [0.1, 0.15) is 130 Å².